The lowest BCUT2D eigenvalue weighted by Crippen LogP contribution is -2.39. The number of nitrogens with one attached hydrogen (secondary N) is 1. The van der Waals surface area contributed by atoms with Crippen LogP contribution < -0.4 is 11.1 Å². The van der Waals surface area contributed by atoms with Gasteiger partial charge < -0.3 is 30.5 Å². The van der Waals surface area contributed by atoms with Crippen molar-refractivity contribution in [1.29, 1.82) is 0 Å². The topological polar surface area (TPSA) is 182 Å². The molecule has 2 rings (SSSR count). The van der Waals surface area contributed by atoms with Gasteiger partial charge in [0.25, 0.3) is 0 Å². The number of benzene rings is 2. The number of carboxylic acids is 1. The van der Waals surface area contributed by atoms with Crippen LogP contribution in [0.4, 0.5) is 4.79 Å². The zero-order valence-electron chi connectivity index (χ0n) is 23.0. The molecule has 0 spiro atoms. The van der Waals surface area contributed by atoms with Gasteiger partial charge in [0, 0.05) is 25.4 Å². The summed E-state index contributed by atoms with van der Waals surface area (Å²) in [5.41, 5.74) is 8.19. The van der Waals surface area contributed by atoms with Gasteiger partial charge in [-0.05, 0) is 30.0 Å². The third-order valence-corrected chi connectivity index (χ3v) is 8.48. The normalized spacial score (nSPS) is 15.7. The van der Waals surface area contributed by atoms with Crippen molar-refractivity contribution in [3.8, 4) is 11.1 Å². The maximum atomic E-state index is 13.3. The van der Waals surface area contributed by atoms with Gasteiger partial charge in [0.15, 0.2) is 0 Å². The van der Waals surface area contributed by atoms with Crippen molar-refractivity contribution in [3.63, 3.8) is 0 Å². The van der Waals surface area contributed by atoms with Crippen molar-refractivity contribution < 1.29 is 43.2 Å². The van der Waals surface area contributed by atoms with E-state index in [2.05, 4.69) is 5.32 Å². The van der Waals surface area contributed by atoms with Crippen molar-refractivity contribution in [2.24, 2.45) is 17.6 Å². The molecule has 0 fully saturated rings. The van der Waals surface area contributed by atoms with Gasteiger partial charge in [0.05, 0.1) is 5.92 Å². The molecule has 2 aromatic carbocycles. The molecule has 40 heavy (non-hydrogen) atoms. The number of Topliss-reactive ketones (excluding diaryl/α,β-unsaturated/α-hetero) is 1. The number of ketones is 1. The largest absolute Gasteiger partial charge is 0.480 e. The summed E-state index contributed by atoms with van der Waals surface area (Å²) >= 11 is 0. The third kappa shape index (κ3) is 10.2. The number of nitrogens with two attached hydrogens (primary N) is 1. The summed E-state index contributed by atoms with van der Waals surface area (Å²) in [5, 5.41) is 11.4. The number of rotatable bonds is 14. The second-order valence-electron chi connectivity index (χ2n) is 9.90. The molecule has 2 aromatic rings. The first-order valence-electron chi connectivity index (χ1n) is 12.8. The lowest BCUT2D eigenvalue weighted by molar-refractivity contribution is -0.168. The first-order chi connectivity index (χ1) is 18.7. The van der Waals surface area contributed by atoms with E-state index in [1.54, 1.807) is 26.0 Å². The first-order valence-corrected chi connectivity index (χ1v) is 14.8. The zero-order valence-corrected chi connectivity index (χ0v) is 23.9. The molecule has 5 N–H and O–H groups in total. The molecule has 5 atom stereocenters. The van der Waals surface area contributed by atoms with E-state index < -0.39 is 73.7 Å². The van der Waals surface area contributed by atoms with E-state index in [4.69, 9.17) is 20.3 Å². The molecule has 0 heterocycles. The lowest BCUT2D eigenvalue weighted by Gasteiger charge is -2.25. The Kier molecular flexibility index (Phi) is 12.0. The molecule has 0 aliphatic rings. The summed E-state index contributed by atoms with van der Waals surface area (Å²) in [4.78, 5) is 59.0. The van der Waals surface area contributed by atoms with Gasteiger partial charge in [0.2, 0.25) is 13.7 Å². The number of alkyl carbamates (subject to hydrolysis) is 1. The Labute approximate surface area is 233 Å². The van der Waals surface area contributed by atoms with Crippen LogP contribution in [0, 0.1) is 11.8 Å². The van der Waals surface area contributed by atoms with Crippen LogP contribution in [0.2, 0.25) is 0 Å². The predicted molar refractivity (Wildman–Crippen MR) is 148 cm³/mol. The number of aliphatic carboxylic acids is 1. The molecular formula is C28H37N2O9P. The van der Waals surface area contributed by atoms with Crippen molar-refractivity contribution in [2.45, 2.75) is 58.7 Å². The Hall–Kier alpha value is -3.53. The van der Waals surface area contributed by atoms with Crippen molar-refractivity contribution >= 4 is 31.2 Å². The molecular weight excluding hydrogens is 539 g/mol. The molecule has 11 nitrogen and oxygen atoms in total. The van der Waals surface area contributed by atoms with Crippen molar-refractivity contribution in [3.05, 3.63) is 60.2 Å². The highest BCUT2D eigenvalue weighted by Gasteiger charge is 2.36. The first kappa shape index (κ1) is 32.7. The molecule has 0 aromatic heterocycles. The van der Waals surface area contributed by atoms with Crippen molar-refractivity contribution in [1.82, 2.24) is 5.32 Å². The molecule has 2 unspecified atom stereocenters. The van der Waals surface area contributed by atoms with Gasteiger partial charge in [-0.1, -0.05) is 68.4 Å². The molecule has 0 radical (unpaired) electrons. The summed E-state index contributed by atoms with van der Waals surface area (Å²) in [7, 11) is -4.22. The monoisotopic (exact) mass is 576 g/mol. The van der Waals surface area contributed by atoms with Gasteiger partial charge in [-0.15, -0.1) is 0 Å². The summed E-state index contributed by atoms with van der Waals surface area (Å²) in [6.45, 7) is 5.83. The standard InChI is InChI=1S/C28H37N2O9P/c1-17(2)27(34)38-19(4)39-28(35)30-18(3)40(36,37)16-23(25(31)15-24(29)26(32)33)14-20-10-12-22(13-11-20)21-8-6-5-7-9-21/h5-13,17-19,23-24H,14-16,29H2,1-4H3,(H,30,35)(H,32,33)(H,36,37)/t18-,19?,23-,24+/m1/s1. The highest BCUT2D eigenvalue weighted by molar-refractivity contribution is 7.58. The fourth-order valence-electron chi connectivity index (χ4n) is 3.75. The molecule has 0 saturated carbocycles. The minimum atomic E-state index is -4.22. The molecule has 0 aliphatic carbocycles. The highest BCUT2D eigenvalue weighted by atomic mass is 31.2. The third-order valence-electron chi connectivity index (χ3n) is 6.18. The van der Waals surface area contributed by atoms with E-state index >= 15 is 0 Å². The highest BCUT2D eigenvalue weighted by Crippen LogP contribution is 2.47. The maximum absolute atomic E-state index is 13.3. The maximum Gasteiger partial charge on any atom is 0.410 e. The number of carbonyl (C=O) groups excluding carboxylic acids is 3. The van der Waals surface area contributed by atoms with Crippen LogP contribution in [0.3, 0.4) is 0 Å². The number of esters is 1. The van der Waals surface area contributed by atoms with Crippen LogP contribution >= 0.6 is 7.37 Å². The average molecular weight is 577 g/mol. The molecule has 0 aliphatic heterocycles. The van der Waals surface area contributed by atoms with E-state index in [1.165, 1.54) is 13.8 Å². The molecule has 12 heteroatoms. The van der Waals surface area contributed by atoms with E-state index in [9.17, 15) is 28.6 Å². The smallest absolute Gasteiger partial charge is 0.410 e. The van der Waals surface area contributed by atoms with Gasteiger partial charge in [-0.3, -0.25) is 18.9 Å². The number of hydrogen-bond donors (Lipinski definition) is 4. The van der Waals surface area contributed by atoms with E-state index in [0.717, 1.165) is 11.1 Å². The quantitative estimate of drug-likeness (QED) is 0.147. The number of amides is 1. The lowest BCUT2D eigenvalue weighted by atomic mass is 9.92. The second-order valence-corrected chi connectivity index (χ2v) is 12.6. The average Bonchev–Trinajstić information content (AvgIpc) is 2.88. The number of carbonyl (C=O) groups is 4. The van der Waals surface area contributed by atoms with Crippen LogP contribution in [0.25, 0.3) is 11.1 Å². The van der Waals surface area contributed by atoms with Gasteiger partial charge >= 0.3 is 18.0 Å². The molecule has 218 valence electrons. The fourth-order valence-corrected chi connectivity index (χ4v) is 5.34. The van der Waals surface area contributed by atoms with Crippen LogP contribution in [0.5, 0.6) is 0 Å². The summed E-state index contributed by atoms with van der Waals surface area (Å²) in [6.07, 6.45) is -3.31. The van der Waals surface area contributed by atoms with E-state index in [-0.39, 0.29) is 6.42 Å². The van der Waals surface area contributed by atoms with Crippen molar-refractivity contribution in [2.75, 3.05) is 6.16 Å². The summed E-state index contributed by atoms with van der Waals surface area (Å²) < 4.78 is 23.2. The van der Waals surface area contributed by atoms with E-state index in [0.29, 0.717) is 5.56 Å². The number of ether oxygens (including phenoxy) is 2. The van der Waals surface area contributed by atoms with Gasteiger partial charge in [-0.25, -0.2) is 4.79 Å². The van der Waals surface area contributed by atoms with E-state index in [1.807, 2.05) is 42.5 Å². The number of hydrogen-bond acceptors (Lipinski definition) is 8. The Morgan fingerprint density at radius 3 is 2.05 bits per heavy atom. The van der Waals surface area contributed by atoms with Crippen LogP contribution in [0.15, 0.2) is 54.6 Å². The van der Waals surface area contributed by atoms with Crippen LogP contribution in [0.1, 0.15) is 39.7 Å². The minimum Gasteiger partial charge on any atom is -0.480 e. The Morgan fingerprint density at radius 1 is 0.925 bits per heavy atom. The molecule has 0 saturated heterocycles. The predicted octanol–water partition coefficient (Wildman–Crippen LogP) is 3.77. The summed E-state index contributed by atoms with van der Waals surface area (Å²) in [5.74, 6) is -5.34. The van der Waals surface area contributed by atoms with Gasteiger partial charge in [0.1, 0.15) is 17.6 Å². The van der Waals surface area contributed by atoms with Crippen LogP contribution in [-0.2, 0) is 34.8 Å². The van der Waals surface area contributed by atoms with Gasteiger partial charge in [-0.2, -0.15) is 0 Å². The molecule has 1 amide bonds. The SMILES string of the molecule is CC(OC(=O)N[C@@H](C)P(=O)(O)C[C@@H](Cc1ccc(-c2ccccc2)cc1)C(=O)C[C@H](N)C(=O)O)OC(=O)C(C)C. The zero-order chi connectivity index (χ0) is 30.0. The summed E-state index contributed by atoms with van der Waals surface area (Å²) in [6, 6.07) is 15.5. The second kappa shape index (κ2) is 14.7. The Balaban J connectivity index is 2.14. The van der Waals surface area contributed by atoms with Crippen LogP contribution in [-0.4, -0.2) is 58.1 Å². The Bertz CT molecular complexity index is 1220. The fraction of sp³-hybridized carbons (Fsp3) is 0.429. The number of carboxylic acid groups (broad SMARTS) is 1. The minimum absolute atomic E-state index is 0.0597. The molecule has 0 bridgehead atoms. The Morgan fingerprint density at radius 2 is 1.50 bits per heavy atom.